The van der Waals surface area contributed by atoms with E-state index >= 15 is 0 Å². The van der Waals surface area contributed by atoms with Gasteiger partial charge in [-0.05, 0) is 44.9 Å². The van der Waals surface area contributed by atoms with E-state index in [-0.39, 0.29) is 18.6 Å². The molecule has 2 aliphatic rings. The second-order valence-corrected chi connectivity index (χ2v) is 5.17. The lowest BCUT2D eigenvalue weighted by atomic mass is 9.76. The van der Waals surface area contributed by atoms with Crippen LogP contribution in [0.2, 0.25) is 0 Å². The van der Waals surface area contributed by atoms with Crippen LogP contribution < -0.4 is 5.73 Å². The van der Waals surface area contributed by atoms with Gasteiger partial charge in [0.05, 0.1) is 5.54 Å². The van der Waals surface area contributed by atoms with Gasteiger partial charge in [-0.15, -0.1) is 0 Å². The highest BCUT2D eigenvalue weighted by atomic mass is 16.3. The third kappa shape index (κ3) is 2.09. The Labute approximate surface area is 96.8 Å². The molecule has 0 bridgehead atoms. The van der Waals surface area contributed by atoms with Crippen LogP contribution in [0, 0.1) is 0 Å². The Morgan fingerprint density at radius 3 is 2.69 bits per heavy atom. The summed E-state index contributed by atoms with van der Waals surface area (Å²) in [5.74, 6) is 0.122. The summed E-state index contributed by atoms with van der Waals surface area (Å²) in [7, 11) is 0. The molecule has 4 heteroatoms. The van der Waals surface area contributed by atoms with E-state index in [2.05, 4.69) is 0 Å². The van der Waals surface area contributed by atoms with E-state index in [1.54, 1.807) is 0 Å². The van der Waals surface area contributed by atoms with Crippen molar-refractivity contribution < 1.29 is 9.90 Å². The maximum atomic E-state index is 12.3. The molecule has 2 rings (SSSR count). The summed E-state index contributed by atoms with van der Waals surface area (Å²) < 4.78 is 0. The summed E-state index contributed by atoms with van der Waals surface area (Å²) in [6, 6.07) is 0.215. The number of nitrogens with zero attached hydrogens (tertiary/aromatic N) is 1. The summed E-state index contributed by atoms with van der Waals surface area (Å²) in [6.07, 6.45) is 6.67. The molecule has 2 fully saturated rings. The first-order valence-corrected chi connectivity index (χ1v) is 6.38. The molecule has 0 aromatic rings. The lowest BCUT2D eigenvalue weighted by molar-refractivity contribution is -0.144. The van der Waals surface area contributed by atoms with Crippen molar-refractivity contribution in [3.63, 3.8) is 0 Å². The zero-order chi connectivity index (χ0) is 11.6. The molecule has 16 heavy (non-hydrogen) atoms. The van der Waals surface area contributed by atoms with E-state index in [0.29, 0.717) is 6.42 Å². The number of nitrogens with two attached hydrogens (primary N) is 1. The third-order valence-corrected chi connectivity index (χ3v) is 4.02. The van der Waals surface area contributed by atoms with Gasteiger partial charge in [-0.25, -0.2) is 0 Å². The molecule has 4 nitrogen and oxygen atoms in total. The van der Waals surface area contributed by atoms with Gasteiger partial charge in [0.25, 0.3) is 0 Å². The second-order valence-electron chi connectivity index (χ2n) is 5.17. The minimum atomic E-state index is -0.578. The molecular weight excluding hydrogens is 204 g/mol. The predicted molar refractivity (Wildman–Crippen MR) is 61.8 cm³/mol. The van der Waals surface area contributed by atoms with Gasteiger partial charge in [-0.3, -0.25) is 4.79 Å². The van der Waals surface area contributed by atoms with Crippen molar-refractivity contribution in [2.24, 2.45) is 5.73 Å². The molecule has 1 saturated carbocycles. The zero-order valence-electron chi connectivity index (χ0n) is 9.82. The standard InChI is InChI=1S/C12H22N2O2/c13-12(6-3-7-12)11(16)14-8-2-1-4-10(14)5-9-15/h10,15H,1-9,13H2. The molecule has 1 amide bonds. The fourth-order valence-corrected chi connectivity index (χ4v) is 2.77. The normalized spacial score (nSPS) is 28.6. The summed E-state index contributed by atoms with van der Waals surface area (Å²) in [4.78, 5) is 14.2. The van der Waals surface area contributed by atoms with Crippen molar-refractivity contribution in [2.45, 2.75) is 56.5 Å². The SMILES string of the molecule is NC1(C(=O)N2CCCCC2CCO)CCC1. The molecule has 92 valence electrons. The Morgan fingerprint density at radius 2 is 2.12 bits per heavy atom. The van der Waals surface area contributed by atoms with Crippen molar-refractivity contribution in [1.82, 2.24) is 4.90 Å². The number of hydrogen-bond donors (Lipinski definition) is 2. The van der Waals surface area contributed by atoms with Crippen LogP contribution in [0.25, 0.3) is 0 Å². The van der Waals surface area contributed by atoms with E-state index in [1.807, 2.05) is 4.90 Å². The number of hydrogen-bond acceptors (Lipinski definition) is 3. The summed E-state index contributed by atoms with van der Waals surface area (Å²) in [6.45, 7) is 0.981. The van der Waals surface area contributed by atoms with E-state index in [0.717, 1.165) is 45.1 Å². The lowest BCUT2D eigenvalue weighted by Gasteiger charge is -2.44. The molecule has 1 atom stereocenters. The molecular formula is C12H22N2O2. The molecule has 0 aromatic carbocycles. The molecule has 0 aromatic heterocycles. The fourth-order valence-electron chi connectivity index (χ4n) is 2.77. The van der Waals surface area contributed by atoms with Crippen molar-refractivity contribution in [3.05, 3.63) is 0 Å². The van der Waals surface area contributed by atoms with Crippen LogP contribution in [0.3, 0.4) is 0 Å². The van der Waals surface area contributed by atoms with Gasteiger partial charge in [0.1, 0.15) is 0 Å². The average Bonchev–Trinajstić information content (AvgIpc) is 2.26. The van der Waals surface area contributed by atoms with E-state index in [1.165, 1.54) is 0 Å². The van der Waals surface area contributed by atoms with Gasteiger partial charge in [0.15, 0.2) is 0 Å². The highest BCUT2D eigenvalue weighted by Gasteiger charge is 2.44. The van der Waals surface area contributed by atoms with Crippen LogP contribution in [0.1, 0.15) is 44.9 Å². The number of likely N-dealkylation sites (tertiary alicyclic amines) is 1. The largest absolute Gasteiger partial charge is 0.396 e. The highest BCUT2D eigenvalue weighted by Crippen LogP contribution is 2.33. The molecule has 1 saturated heterocycles. The Morgan fingerprint density at radius 1 is 1.38 bits per heavy atom. The average molecular weight is 226 g/mol. The Hall–Kier alpha value is -0.610. The van der Waals surface area contributed by atoms with Gasteiger partial charge < -0.3 is 15.7 Å². The zero-order valence-corrected chi connectivity index (χ0v) is 9.82. The van der Waals surface area contributed by atoms with Crippen LogP contribution in [0.15, 0.2) is 0 Å². The molecule has 1 aliphatic heterocycles. The number of aliphatic hydroxyl groups is 1. The topological polar surface area (TPSA) is 66.6 Å². The van der Waals surface area contributed by atoms with Crippen molar-refractivity contribution in [1.29, 1.82) is 0 Å². The summed E-state index contributed by atoms with van der Waals surface area (Å²) >= 11 is 0. The van der Waals surface area contributed by atoms with Crippen molar-refractivity contribution >= 4 is 5.91 Å². The van der Waals surface area contributed by atoms with Crippen LogP contribution in [0.4, 0.5) is 0 Å². The van der Waals surface area contributed by atoms with Crippen LogP contribution in [0.5, 0.6) is 0 Å². The number of piperidine rings is 1. The van der Waals surface area contributed by atoms with Crippen LogP contribution >= 0.6 is 0 Å². The summed E-state index contributed by atoms with van der Waals surface area (Å²) in [5.41, 5.74) is 5.50. The van der Waals surface area contributed by atoms with Gasteiger partial charge in [-0.1, -0.05) is 0 Å². The molecule has 0 radical (unpaired) electrons. The Bertz CT molecular complexity index is 262. The van der Waals surface area contributed by atoms with Gasteiger partial charge in [0, 0.05) is 19.2 Å². The first-order chi connectivity index (χ1) is 7.67. The Kier molecular flexibility index (Phi) is 3.50. The predicted octanol–water partition coefficient (Wildman–Crippen LogP) is 0.631. The highest BCUT2D eigenvalue weighted by molar-refractivity contribution is 5.87. The lowest BCUT2D eigenvalue weighted by Crippen LogP contribution is -2.62. The van der Waals surface area contributed by atoms with Crippen LogP contribution in [-0.4, -0.2) is 40.6 Å². The van der Waals surface area contributed by atoms with Gasteiger partial charge in [0.2, 0.25) is 5.91 Å². The fraction of sp³-hybridized carbons (Fsp3) is 0.917. The maximum absolute atomic E-state index is 12.3. The maximum Gasteiger partial charge on any atom is 0.242 e. The molecule has 1 aliphatic carbocycles. The smallest absolute Gasteiger partial charge is 0.242 e. The molecule has 1 heterocycles. The van der Waals surface area contributed by atoms with Crippen LogP contribution in [-0.2, 0) is 4.79 Å². The monoisotopic (exact) mass is 226 g/mol. The number of amides is 1. The van der Waals surface area contributed by atoms with E-state index in [4.69, 9.17) is 10.8 Å². The van der Waals surface area contributed by atoms with Crippen molar-refractivity contribution in [2.75, 3.05) is 13.2 Å². The minimum absolute atomic E-state index is 0.122. The quantitative estimate of drug-likeness (QED) is 0.742. The third-order valence-electron chi connectivity index (χ3n) is 4.02. The molecule has 3 N–H and O–H groups in total. The summed E-state index contributed by atoms with van der Waals surface area (Å²) in [5, 5.41) is 9.02. The number of rotatable bonds is 3. The van der Waals surface area contributed by atoms with Crippen molar-refractivity contribution in [3.8, 4) is 0 Å². The van der Waals surface area contributed by atoms with E-state index < -0.39 is 5.54 Å². The number of carbonyl (C=O) groups is 1. The Balaban J connectivity index is 2.01. The number of aliphatic hydroxyl groups excluding tert-OH is 1. The first-order valence-electron chi connectivity index (χ1n) is 6.38. The van der Waals surface area contributed by atoms with Gasteiger partial charge in [-0.2, -0.15) is 0 Å². The molecule has 0 spiro atoms. The first kappa shape index (κ1) is 11.9. The second kappa shape index (κ2) is 4.72. The molecule has 1 unspecified atom stereocenters. The minimum Gasteiger partial charge on any atom is -0.396 e. The number of carbonyl (C=O) groups excluding carboxylic acids is 1. The van der Waals surface area contributed by atoms with Gasteiger partial charge >= 0.3 is 0 Å². The van der Waals surface area contributed by atoms with E-state index in [9.17, 15) is 4.79 Å².